The molecule has 0 unspecified atom stereocenters. The number of hydrogen-bond donors (Lipinski definition) is 1. The lowest BCUT2D eigenvalue weighted by atomic mass is 9.98. The van der Waals surface area contributed by atoms with Crippen molar-refractivity contribution in [1.29, 1.82) is 0 Å². The standard InChI is InChI=1S/C13H6BrClF2O2/c14-9-3-4-10(16)11(12(9)17)8-5-6(15)1-2-7(8)13(18)19/h1-5H,(H,18,19). The van der Waals surface area contributed by atoms with Gasteiger partial charge in [0, 0.05) is 10.6 Å². The van der Waals surface area contributed by atoms with Crippen molar-refractivity contribution in [2.45, 2.75) is 0 Å². The van der Waals surface area contributed by atoms with E-state index in [1.54, 1.807) is 0 Å². The second-order valence-electron chi connectivity index (χ2n) is 3.71. The van der Waals surface area contributed by atoms with Gasteiger partial charge in [-0.2, -0.15) is 0 Å². The second kappa shape index (κ2) is 5.27. The number of halogens is 4. The van der Waals surface area contributed by atoms with Gasteiger partial charge in [0.1, 0.15) is 11.6 Å². The molecule has 0 radical (unpaired) electrons. The maximum atomic E-state index is 14.0. The van der Waals surface area contributed by atoms with E-state index in [0.29, 0.717) is 0 Å². The van der Waals surface area contributed by atoms with Crippen molar-refractivity contribution in [2.24, 2.45) is 0 Å². The molecule has 0 heterocycles. The van der Waals surface area contributed by atoms with Crippen molar-refractivity contribution in [3.63, 3.8) is 0 Å². The Balaban J connectivity index is 2.82. The van der Waals surface area contributed by atoms with E-state index in [1.807, 2.05) is 0 Å². The molecule has 2 rings (SSSR count). The highest BCUT2D eigenvalue weighted by Gasteiger charge is 2.20. The Morgan fingerprint density at radius 2 is 1.89 bits per heavy atom. The number of rotatable bonds is 2. The van der Waals surface area contributed by atoms with Gasteiger partial charge in [-0.25, -0.2) is 13.6 Å². The molecule has 19 heavy (non-hydrogen) atoms. The molecule has 0 atom stereocenters. The molecule has 2 aromatic carbocycles. The van der Waals surface area contributed by atoms with Crippen LogP contribution in [0.25, 0.3) is 11.1 Å². The molecule has 6 heteroatoms. The Bertz CT molecular complexity index is 674. The third-order valence-electron chi connectivity index (χ3n) is 2.53. The van der Waals surface area contributed by atoms with E-state index in [1.165, 1.54) is 24.3 Å². The van der Waals surface area contributed by atoms with Gasteiger partial charge in [-0.1, -0.05) is 11.6 Å². The predicted octanol–water partition coefficient (Wildman–Crippen LogP) is 4.75. The van der Waals surface area contributed by atoms with Crippen LogP contribution in [0.4, 0.5) is 8.78 Å². The Hall–Kier alpha value is -1.46. The third-order valence-corrected chi connectivity index (χ3v) is 3.37. The van der Waals surface area contributed by atoms with Crippen molar-refractivity contribution >= 4 is 33.5 Å². The Kier molecular flexibility index (Phi) is 3.87. The number of carboxylic acids is 1. The third kappa shape index (κ3) is 2.62. The van der Waals surface area contributed by atoms with Crippen LogP contribution in [0, 0.1) is 11.6 Å². The summed E-state index contributed by atoms with van der Waals surface area (Å²) in [6.45, 7) is 0. The summed E-state index contributed by atoms with van der Waals surface area (Å²) in [5.41, 5.74) is -0.745. The van der Waals surface area contributed by atoms with Crippen LogP contribution < -0.4 is 0 Å². The molecule has 0 spiro atoms. The van der Waals surface area contributed by atoms with Crippen molar-refractivity contribution in [1.82, 2.24) is 0 Å². The topological polar surface area (TPSA) is 37.3 Å². The largest absolute Gasteiger partial charge is 0.478 e. The molecule has 0 aromatic heterocycles. The van der Waals surface area contributed by atoms with Gasteiger partial charge in [0.05, 0.1) is 15.6 Å². The van der Waals surface area contributed by atoms with E-state index in [2.05, 4.69) is 15.9 Å². The summed E-state index contributed by atoms with van der Waals surface area (Å²) in [7, 11) is 0. The monoisotopic (exact) mass is 346 g/mol. The van der Waals surface area contributed by atoms with Crippen LogP contribution in [0.2, 0.25) is 5.02 Å². The number of benzene rings is 2. The fourth-order valence-electron chi connectivity index (χ4n) is 1.68. The molecule has 98 valence electrons. The maximum Gasteiger partial charge on any atom is 0.336 e. The molecule has 0 amide bonds. The van der Waals surface area contributed by atoms with Crippen LogP contribution in [0.1, 0.15) is 10.4 Å². The average molecular weight is 348 g/mol. The molecule has 0 aliphatic carbocycles. The summed E-state index contributed by atoms with van der Waals surface area (Å²) >= 11 is 8.70. The number of carboxylic acid groups (broad SMARTS) is 1. The van der Waals surface area contributed by atoms with E-state index in [-0.39, 0.29) is 20.6 Å². The highest BCUT2D eigenvalue weighted by Crippen LogP contribution is 2.34. The molecule has 1 N–H and O–H groups in total. The normalized spacial score (nSPS) is 10.5. The van der Waals surface area contributed by atoms with Crippen LogP contribution in [0.3, 0.4) is 0 Å². The summed E-state index contributed by atoms with van der Waals surface area (Å²) in [5.74, 6) is -3.01. The minimum atomic E-state index is -1.29. The first-order chi connectivity index (χ1) is 8.91. The zero-order chi connectivity index (χ0) is 14.2. The summed E-state index contributed by atoms with van der Waals surface area (Å²) < 4.78 is 27.8. The summed E-state index contributed by atoms with van der Waals surface area (Å²) in [6, 6.07) is 6.04. The van der Waals surface area contributed by atoms with E-state index >= 15 is 0 Å². The van der Waals surface area contributed by atoms with Gasteiger partial charge in [0.2, 0.25) is 0 Å². The zero-order valence-electron chi connectivity index (χ0n) is 9.25. The lowest BCUT2D eigenvalue weighted by Gasteiger charge is -2.10. The minimum Gasteiger partial charge on any atom is -0.478 e. The highest BCUT2D eigenvalue weighted by atomic mass is 79.9. The van der Waals surface area contributed by atoms with Crippen LogP contribution in [-0.2, 0) is 0 Å². The number of aromatic carboxylic acids is 1. The first-order valence-electron chi connectivity index (χ1n) is 5.08. The van der Waals surface area contributed by atoms with Crippen LogP contribution in [0.15, 0.2) is 34.8 Å². The number of carbonyl (C=O) groups is 1. The quantitative estimate of drug-likeness (QED) is 0.796. The Morgan fingerprint density at radius 3 is 2.53 bits per heavy atom. The molecular weight excluding hydrogens is 341 g/mol. The predicted molar refractivity (Wildman–Crippen MR) is 71.5 cm³/mol. The lowest BCUT2D eigenvalue weighted by Crippen LogP contribution is -2.02. The van der Waals surface area contributed by atoms with Crippen molar-refractivity contribution < 1.29 is 18.7 Å². The molecule has 0 aliphatic rings. The summed E-state index contributed by atoms with van der Waals surface area (Å²) in [5, 5.41) is 9.26. The van der Waals surface area contributed by atoms with Crippen LogP contribution in [-0.4, -0.2) is 11.1 Å². The summed E-state index contributed by atoms with van der Waals surface area (Å²) in [6.07, 6.45) is 0. The fraction of sp³-hybridized carbons (Fsp3) is 0. The van der Waals surface area contributed by atoms with Crippen LogP contribution in [0.5, 0.6) is 0 Å². The van der Waals surface area contributed by atoms with Gasteiger partial charge in [0.25, 0.3) is 0 Å². The van der Waals surface area contributed by atoms with Crippen LogP contribution >= 0.6 is 27.5 Å². The molecule has 2 nitrogen and oxygen atoms in total. The number of hydrogen-bond acceptors (Lipinski definition) is 1. The van der Waals surface area contributed by atoms with E-state index in [4.69, 9.17) is 16.7 Å². The summed E-state index contributed by atoms with van der Waals surface area (Å²) in [4.78, 5) is 11.1. The van der Waals surface area contributed by atoms with E-state index in [9.17, 15) is 13.6 Å². The molecule has 0 fully saturated rings. The first kappa shape index (κ1) is 14.0. The van der Waals surface area contributed by atoms with Gasteiger partial charge < -0.3 is 5.11 Å². The van der Waals surface area contributed by atoms with Gasteiger partial charge in [-0.3, -0.25) is 0 Å². The molecule has 0 saturated carbocycles. The Morgan fingerprint density at radius 1 is 1.21 bits per heavy atom. The highest BCUT2D eigenvalue weighted by molar-refractivity contribution is 9.10. The lowest BCUT2D eigenvalue weighted by molar-refractivity contribution is 0.0697. The second-order valence-corrected chi connectivity index (χ2v) is 5.00. The molecule has 0 bridgehead atoms. The zero-order valence-corrected chi connectivity index (χ0v) is 11.6. The molecule has 2 aromatic rings. The molecule has 0 saturated heterocycles. The van der Waals surface area contributed by atoms with Crippen molar-refractivity contribution in [2.75, 3.05) is 0 Å². The van der Waals surface area contributed by atoms with Gasteiger partial charge >= 0.3 is 5.97 Å². The van der Waals surface area contributed by atoms with Gasteiger partial charge in [-0.15, -0.1) is 0 Å². The molecular formula is C13H6BrClF2O2. The molecule has 0 aliphatic heterocycles. The van der Waals surface area contributed by atoms with E-state index < -0.39 is 23.2 Å². The average Bonchev–Trinajstić information content (AvgIpc) is 2.34. The fourth-order valence-corrected chi connectivity index (χ4v) is 2.19. The van der Waals surface area contributed by atoms with Gasteiger partial charge in [0.15, 0.2) is 0 Å². The van der Waals surface area contributed by atoms with Crippen molar-refractivity contribution in [3.8, 4) is 11.1 Å². The SMILES string of the molecule is O=C(O)c1ccc(Cl)cc1-c1c(F)ccc(Br)c1F. The smallest absolute Gasteiger partial charge is 0.336 e. The van der Waals surface area contributed by atoms with Gasteiger partial charge in [-0.05, 0) is 46.3 Å². The van der Waals surface area contributed by atoms with E-state index in [0.717, 1.165) is 6.07 Å². The van der Waals surface area contributed by atoms with Crippen molar-refractivity contribution in [3.05, 3.63) is 57.0 Å². The Labute approximate surface area is 120 Å². The minimum absolute atomic E-state index is 0.0419. The first-order valence-corrected chi connectivity index (χ1v) is 6.25. The maximum absolute atomic E-state index is 14.0.